The SMILES string of the molecule is C[C@]12CCC(=O)N1[C@H](C(=O)Nc1ccc3c(c1)OCO3)CS2. The first-order chi connectivity index (χ1) is 10.6. The molecule has 0 unspecified atom stereocenters. The number of thioether (sulfide) groups is 1. The molecule has 22 heavy (non-hydrogen) atoms. The Hall–Kier alpha value is -1.89. The predicted octanol–water partition coefficient (Wildman–Crippen LogP) is 1.81. The zero-order valence-electron chi connectivity index (χ0n) is 12.1. The summed E-state index contributed by atoms with van der Waals surface area (Å²) in [6.07, 6.45) is 1.33. The molecule has 1 aromatic carbocycles. The minimum atomic E-state index is -0.407. The molecule has 3 heterocycles. The van der Waals surface area contributed by atoms with E-state index < -0.39 is 6.04 Å². The van der Waals surface area contributed by atoms with Crippen molar-refractivity contribution in [3.05, 3.63) is 18.2 Å². The van der Waals surface area contributed by atoms with Gasteiger partial charge in [-0.05, 0) is 25.5 Å². The van der Waals surface area contributed by atoms with Gasteiger partial charge >= 0.3 is 0 Å². The van der Waals surface area contributed by atoms with Gasteiger partial charge in [0, 0.05) is 23.9 Å². The van der Waals surface area contributed by atoms with E-state index in [4.69, 9.17) is 9.47 Å². The highest BCUT2D eigenvalue weighted by Crippen LogP contribution is 2.47. The average molecular weight is 320 g/mol. The smallest absolute Gasteiger partial charge is 0.248 e. The third kappa shape index (κ3) is 2.03. The summed E-state index contributed by atoms with van der Waals surface area (Å²) in [5, 5.41) is 2.88. The normalized spacial score (nSPS) is 28.9. The van der Waals surface area contributed by atoms with Crippen molar-refractivity contribution < 1.29 is 19.1 Å². The number of hydrogen-bond donors (Lipinski definition) is 1. The maximum Gasteiger partial charge on any atom is 0.248 e. The first-order valence-electron chi connectivity index (χ1n) is 7.23. The van der Waals surface area contributed by atoms with Crippen LogP contribution in [0.25, 0.3) is 0 Å². The Bertz CT molecular complexity index is 665. The van der Waals surface area contributed by atoms with Gasteiger partial charge in [-0.1, -0.05) is 0 Å². The molecular weight excluding hydrogens is 304 g/mol. The van der Waals surface area contributed by atoms with Crippen molar-refractivity contribution in [1.29, 1.82) is 0 Å². The predicted molar refractivity (Wildman–Crippen MR) is 81.9 cm³/mol. The van der Waals surface area contributed by atoms with Crippen LogP contribution in [0, 0.1) is 0 Å². The Morgan fingerprint density at radius 1 is 1.41 bits per heavy atom. The quantitative estimate of drug-likeness (QED) is 0.900. The van der Waals surface area contributed by atoms with Crippen molar-refractivity contribution in [2.45, 2.75) is 30.7 Å². The molecule has 6 nitrogen and oxygen atoms in total. The number of carbonyl (C=O) groups is 2. The molecule has 0 radical (unpaired) electrons. The molecule has 0 saturated carbocycles. The van der Waals surface area contributed by atoms with Crippen LogP contribution in [0.15, 0.2) is 18.2 Å². The van der Waals surface area contributed by atoms with Crippen molar-refractivity contribution in [3.63, 3.8) is 0 Å². The zero-order chi connectivity index (χ0) is 15.3. The molecule has 1 aromatic rings. The summed E-state index contributed by atoms with van der Waals surface area (Å²) in [5.41, 5.74) is 0.652. The lowest BCUT2D eigenvalue weighted by Crippen LogP contribution is -2.48. The Morgan fingerprint density at radius 2 is 2.23 bits per heavy atom. The molecule has 0 aromatic heterocycles. The molecule has 3 aliphatic rings. The van der Waals surface area contributed by atoms with Gasteiger partial charge in [-0.25, -0.2) is 0 Å². The number of nitrogens with one attached hydrogen (secondary N) is 1. The molecule has 2 atom stereocenters. The average Bonchev–Trinajstić information content (AvgIpc) is 3.15. The Labute approximate surface area is 132 Å². The third-order valence-corrected chi connectivity index (χ3v) is 5.89. The maximum absolute atomic E-state index is 12.6. The number of rotatable bonds is 2. The van der Waals surface area contributed by atoms with Gasteiger partial charge in [0.2, 0.25) is 18.6 Å². The monoisotopic (exact) mass is 320 g/mol. The fourth-order valence-electron chi connectivity index (χ4n) is 3.21. The largest absolute Gasteiger partial charge is 0.454 e. The fraction of sp³-hybridized carbons (Fsp3) is 0.467. The van der Waals surface area contributed by atoms with E-state index in [2.05, 4.69) is 5.32 Å². The summed E-state index contributed by atoms with van der Waals surface area (Å²) in [5.74, 6) is 1.86. The van der Waals surface area contributed by atoms with Gasteiger partial charge in [0.05, 0.1) is 4.87 Å². The number of carbonyl (C=O) groups excluding carboxylic acids is 2. The standard InChI is InChI=1S/C15H16N2O4S/c1-15-5-4-13(18)17(15)10(7-22-15)14(19)16-9-2-3-11-12(6-9)21-8-20-11/h2-3,6,10H,4-5,7-8H2,1H3,(H,16,19)/t10-,15-/m0/s1. The number of ether oxygens (including phenoxy) is 2. The van der Waals surface area contributed by atoms with Gasteiger partial charge in [-0.2, -0.15) is 0 Å². The van der Waals surface area contributed by atoms with Crippen molar-refractivity contribution in [2.75, 3.05) is 17.9 Å². The summed E-state index contributed by atoms with van der Waals surface area (Å²) in [6.45, 7) is 2.24. The van der Waals surface area contributed by atoms with Gasteiger partial charge in [0.15, 0.2) is 11.5 Å². The summed E-state index contributed by atoms with van der Waals surface area (Å²) in [7, 11) is 0. The second kappa shape index (κ2) is 4.81. The maximum atomic E-state index is 12.6. The van der Waals surface area contributed by atoms with Gasteiger partial charge in [0.1, 0.15) is 6.04 Å². The molecular formula is C15H16N2O4S. The van der Waals surface area contributed by atoms with Crippen LogP contribution >= 0.6 is 11.8 Å². The lowest BCUT2D eigenvalue weighted by molar-refractivity contribution is -0.135. The van der Waals surface area contributed by atoms with E-state index >= 15 is 0 Å². The zero-order valence-corrected chi connectivity index (χ0v) is 12.9. The lowest BCUT2D eigenvalue weighted by atomic mass is 10.2. The molecule has 0 spiro atoms. The molecule has 1 N–H and O–H groups in total. The van der Waals surface area contributed by atoms with Gasteiger partial charge < -0.3 is 19.7 Å². The van der Waals surface area contributed by atoms with Crippen LogP contribution < -0.4 is 14.8 Å². The number of amides is 2. The van der Waals surface area contributed by atoms with Crippen LogP contribution in [0.5, 0.6) is 11.5 Å². The first kappa shape index (κ1) is 13.8. The van der Waals surface area contributed by atoms with Crippen LogP contribution in [0.1, 0.15) is 19.8 Å². The van der Waals surface area contributed by atoms with Crippen LogP contribution in [-0.4, -0.2) is 40.2 Å². The van der Waals surface area contributed by atoms with E-state index in [1.807, 2.05) is 6.92 Å². The van der Waals surface area contributed by atoms with Crippen molar-refractivity contribution in [3.8, 4) is 11.5 Å². The molecule has 4 rings (SSSR count). The Kier molecular flexibility index (Phi) is 3.00. The number of hydrogen-bond acceptors (Lipinski definition) is 5. The summed E-state index contributed by atoms with van der Waals surface area (Å²) >= 11 is 1.69. The van der Waals surface area contributed by atoms with E-state index in [1.165, 1.54) is 0 Å². The van der Waals surface area contributed by atoms with Gasteiger partial charge in [0.25, 0.3) is 0 Å². The minimum absolute atomic E-state index is 0.0679. The van der Waals surface area contributed by atoms with Crippen LogP contribution in [0.2, 0.25) is 0 Å². The molecule has 7 heteroatoms. The fourth-order valence-corrected chi connectivity index (χ4v) is 4.65. The molecule has 116 valence electrons. The molecule has 0 bridgehead atoms. The first-order valence-corrected chi connectivity index (χ1v) is 8.22. The van der Waals surface area contributed by atoms with Crippen LogP contribution in [0.4, 0.5) is 5.69 Å². The topological polar surface area (TPSA) is 67.9 Å². The molecule has 2 fully saturated rings. The summed E-state index contributed by atoms with van der Waals surface area (Å²) in [6, 6.07) is 4.88. The highest BCUT2D eigenvalue weighted by Gasteiger charge is 2.52. The molecule has 0 aliphatic carbocycles. The summed E-state index contributed by atoms with van der Waals surface area (Å²) in [4.78, 5) is 26.2. The summed E-state index contributed by atoms with van der Waals surface area (Å²) < 4.78 is 10.6. The van der Waals surface area contributed by atoms with Gasteiger partial charge in [-0.15, -0.1) is 11.8 Å². The highest BCUT2D eigenvalue weighted by molar-refractivity contribution is 8.01. The van der Waals surface area contributed by atoms with E-state index in [0.29, 0.717) is 29.4 Å². The van der Waals surface area contributed by atoms with Crippen molar-refractivity contribution in [1.82, 2.24) is 4.90 Å². The van der Waals surface area contributed by atoms with Crippen LogP contribution in [0.3, 0.4) is 0 Å². The molecule has 3 aliphatic heterocycles. The number of benzene rings is 1. The number of fused-ring (bicyclic) bond motifs is 2. The second-order valence-corrected chi connectivity index (χ2v) is 7.32. The molecule has 2 amide bonds. The second-order valence-electron chi connectivity index (χ2n) is 5.82. The van der Waals surface area contributed by atoms with Crippen molar-refractivity contribution in [2.24, 2.45) is 0 Å². The lowest BCUT2D eigenvalue weighted by Gasteiger charge is -2.29. The van der Waals surface area contributed by atoms with Crippen molar-refractivity contribution >= 4 is 29.3 Å². The Balaban J connectivity index is 1.52. The molecule has 2 saturated heterocycles. The number of anilines is 1. The van der Waals surface area contributed by atoms with E-state index in [0.717, 1.165) is 6.42 Å². The highest BCUT2D eigenvalue weighted by atomic mass is 32.2. The Morgan fingerprint density at radius 3 is 3.09 bits per heavy atom. The number of nitrogens with zero attached hydrogens (tertiary/aromatic N) is 1. The third-order valence-electron chi connectivity index (χ3n) is 4.39. The van der Waals surface area contributed by atoms with Gasteiger partial charge in [-0.3, -0.25) is 9.59 Å². The van der Waals surface area contributed by atoms with E-state index in [9.17, 15) is 9.59 Å². The van der Waals surface area contributed by atoms with Crippen LogP contribution in [-0.2, 0) is 9.59 Å². The minimum Gasteiger partial charge on any atom is -0.454 e. The van der Waals surface area contributed by atoms with E-state index in [-0.39, 0.29) is 23.5 Å². The van der Waals surface area contributed by atoms with E-state index in [1.54, 1.807) is 34.9 Å².